The Hall–Kier alpha value is -2.38. The number of amides is 1. The van der Waals surface area contributed by atoms with E-state index in [1.54, 1.807) is 13.8 Å². The fourth-order valence-electron chi connectivity index (χ4n) is 2.27. The van der Waals surface area contributed by atoms with Gasteiger partial charge in [-0.05, 0) is 43.7 Å². The number of ether oxygens (including phenoxy) is 1. The molecule has 0 fully saturated rings. The van der Waals surface area contributed by atoms with Gasteiger partial charge in [0.25, 0.3) is 5.91 Å². The Morgan fingerprint density at radius 3 is 2.16 bits per heavy atom. The lowest BCUT2D eigenvalue weighted by molar-refractivity contribution is -0.126. The van der Waals surface area contributed by atoms with Gasteiger partial charge in [0.1, 0.15) is 5.75 Å². The van der Waals surface area contributed by atoms with Crippen LogP contribution in [0.25, 0.3) is 0 Å². The Kier molecular flexibility index (Phi) is 6.17. The average molecular weight is 362 g/mol. The zero-order valence-corrected chi connectivity index (χ0v) is 15.2. The Morgan fingerprint density at radius 2 is 1.60 bits per heavy atom. The Bertz CT molecular complexity index is 805. The van der Waals surface area contributed by atoms with Crippen molar-refractivity contribution in [1.29, 1.82) is 0 Å². The van der Waals surface area contributed by atoms with Crippen LogP contribution in [0.1, 0.15) is 25.5 Å². The monoisotopic (exact) mass is 362 g/mol. The number of carbonyl (C=O) groups is 1. The smallest absolute Gasteiger partial charge is 0.260 e. The molecule has 2 rings (SSSR count). The second-order valence-electron chi connectivity index (χ2n) is 5.60. The second kappa shape index (κ2) is 8.13. The number of sulfonamides is 1. The molecule has 0 bridgehead atoms. The standard InChI is InChI=1S/C18H22N2O4S/c1-13(15-7-5-4-6-8-15)20-25(22,23)17-11-9-16(10-12-17)24-14(2)18(21)19-3/h4-14,20H,1-3H3,(H,19,21)/t13-,14+/m0/s1. The van der Waals surface area contributed by atoms with Crippen molar-refractivity contribution < 1.29 is 17.9 Å². The van der Waals surface area contributed by atoms with E-state index in [2.05, 4.69) is 10.0 Å². The molecule has 0 unspecified atom stereocenters. The molecule has 2 atom stereocenters. The fourth-order valence-corrected chi connectivity index (χ4v) is 3.50. The Balaban J connectivity index is 2.08. The average Bonchev–Trinajstić information content (AvgIpc) is 2.61. The number of likely N-dealkylation sites (N-methyl/N-ethyl adjacent to an activating group) is 1. The van der Waals surface area contributed by atoms with E-state index in [1.807, 2.05) is 30.3 Å². The van der Waals surface area contributed by atoms with E-state index in [4.69, 9.17) is 4.74 Å². The lowest BCUT2D eigenvalue weighted by Gasteiger charge is -2.16. The summed E-state index contributed by atoms with van der Waals surface area (Å²) >= 11 is 0. The highest BCUT2D eigenvalue weighted by molar-refractivity contribution is 7.89. The third-order valence-electron chi connectivity index (χ3n) is 3.69. The van der Waals surface area contributed by atoms with Gasteiger partial charge in [0.2, 0.25) is 10.0 Å². The van der Waals surface area contributed by atoms with Crippen molar-refractivity contribution >= 4 is 15.9 Å². The Morgan fingerprint density at radius 1 is 1.00 bits per heavy atom. The lowest BCUT2D eigenvalue weighted by Crippen LogP contribution is -2.33. The molecule has 0 heterocycles. The van der Waals surface area contributed by atoms with E-state index >= 15 is 0 Å². The molecule has 6 nitrogen and oxygen atoms in total. The molecule has 2 aromatic rings. The van der Waals surface area contributed by atoms with E-state index in [9.17, 15) is 13.2 Å². The third-order valence-corrected chi connectivity index (χ3v) is 5.25. The minimum absolute atomic E-state index is 0.134. The second-order valence-corrected chi connectivity index (χ2v) is 7.31. The molecule has 134 valence electrons. The van der Waals surface area contributed by atoms with Crippen LogP contribution in [0, 0.1) is 0 Å². The van der Waals surface area contributed by atoms with Crippen molar-refractivity contribution in [3.8, 4) is 5.75 Å². The van der Waals surface area contributed by atoms with Crippen molar-refractivity contribution in [2.45, 2.75) is 30.9 Å². The quantitative estimate of drug-likeness (QED) is 0.791. The normalized spacial score (nSPS) is 13.7. The van der Waals surface area contributed by atoms with Crippen molar-refractivity contribution in [1.82, 2.24) is 10.0 Å². The molecule has 0 aliphatic carbocycles. The van der Waals surface area contributed by atoms with Gasteiger partial charge >= 0.3 is 0 Å². The molecule has 2 aromatic carbocycles. The topological polar surface area (TPSA) is 84.5 Å². The fraction of sp³-hybridized carbons (Fsp3) is 0.278. The Labute approximate surface area is 148 Å². The van der Waals surface area contributed by atoms with Crippen LogP contribution >= 0.6 is 0 Å². The zero-order valence-electron chi connectivity index (χ0n) is 14.4. The van der Waals surface area contributed by atoms with E-state index < -0.39 is 16.1 Å². The first-order chi connectivity index (χ1) is 11.8. The van der Waals surface area contributed by atoms with E-state index in [0.717, 1.165) is 5.56 Å². The van der Waals surface area contributed by atoms with Gasteiger partial charge in [-0.2, -0.15) is 0 Å². The van der Waals surface area contributed by atoms with E-state index in [-0.39, 0.29) is 16.8 Å². The van der Waals surface area contributed by atoms with Gasteiger partial charge in [-0.15, -0.1) is 0 Å². The maximum absolute atomic E-state index is 12.5. The van der Waals surface area contributed by atoms with E-state index in [0.29, 0.717) is 5.75 Å². The predicted octanol–water partition coefficient (Wildman–Crippen LogP) is 2.24. The maximum Gasteiger partial charge on any atom is 0.260 e. The van der Waals surface area contributed by atoms with Crippen LogP contribution in [0.15, 0.2) is 59.5 Å². The summed E-state index contributed by atoms with van der Waals surface area (Å²) in [4.78, 5) is 11.6. The number of carbonyl (C=O) groups excluding carboxylic acids is 1. The van der Waals surface area contributed by atoms with Crippen molar-refractivity contribution in [2.75, 3.05) is 7.05 Å². The van der Waals surface area contributed by atoms with Gasteiger partial charge < -0.3 is 10.1 Å². The SMILES string of the molecule is CNC(=O)[C@@H](C)Oc1ccc(S(=O)(=O)N[C@@H](C)c2ccccc2)cc1. The van der Waals surface area contributed by atoms with Crippen LogP contribution in [0.2, 0.25) is 0 Å². The summed E-state index contributed by atoms with van der Waals surface area (Å²) in [6, 6.07) is 14.9. The van der Waals surface area contributed by atoms with Crippen LogP contribution in [0.3, 0.4) is 0 Å². The molecule has 1 amide bonds. The van der Waals surface area contributed by atoms with Crippen LogP contribution in [0.5, 0.6) is 5.75 Å². The first-order valence-electron chi connectivity index (χ1n) is 7.89. The highest BCUT2D eigenvalue weighted by Crippen LogP contribution is 2.20. The number of hydrogen-bond donors (Lipinski definition) is 2. The number of rotatable bonds is 7. The summed E-state index contributed by atoms with van der Waals surface area (Å²) in [5, 5.41) is 2.49. The molecule has 7 heteroatoms. The summed E-state index contributed by atoms with van der Waals surface area (Å²) in [6.45, 7) is 3.40. The van der Waals surface area contributed by atoms with Crippen LogP contribution < -0.4 is 14.8 Å². The predicted molar refractivity (Wildman–Crippen MR) is 95.8 cm³/mol. The van der Waals surface area contributed by atoms with Crippen LogP contribution in [-0.2, 0) is 14.8 Å². The first kappa shape index (κ1) is 19.0. The van der Waals surface area contributed by atoms with Crippen molar-refractivity contribution in [2.24, 2.45) is 0 Å². The van der Waals surface area contributed by atoms with Gasteiger partial charge in [0.15, 0.2) is 6.10 Å². The minimum Gasteiger partial charge on any atom is -0.481 e. The highest BCUT2D eigenvalue weighted by Gasteiger charge is 2.19. The van der Waals surface area contributed by atoms with Gasteiger partial charge in [0.05, 0.1) is 4.90 Å². The maximum atomic E-state index is 12.5. The zero-order chi connectivity index (χ0) is 18.4. The molecular weight excluding hydrogens is 340 g/mol. The highest BCUT2D eigenvalue weighted by atomic mass is 32.2. The third kappa shape index (κ3) is 5.04. The molecule has 0 spiro atoms. The molecule has 0 aliphatic heterocycles. The molecule has 0 saturated carbocycles. The van der Waals surface area contributed by atoms with Gasteiger partial charge in [-0.25, -0.2) is 13.1 Å². The molecule has 25 heavy (non-hydrogen) atoms. The minimum atomic E-state index is -3.66. The summed E-state index contributed by atoms with van der Waals surface area (Å²) in [6.07, 6.45) is -0.663. The number of nitrogens with one attached hydrogen (secondary N) is 2. The molecule has 0 aliphatic rings. The number of benzene rings is 2. The van der Waals surface area contributed by atoms with Crippen LogP contribution in [0.4, 0.5) is 0 Å². The molecule has 2 N–H and O–H groups in total. The van der Waals surface area contributed by atoms with Gasteiger partial charge in [-0.1, -0.05) is 30.3 Å². The summed E-state index contributed by atoms with van der Waals surface area (Å²) < 4.78 is 33.1. The van der Waals surface area contributed by atoms with Crippen molar-refractivity contribution in [3.63, 3.8) is 0 Å². The van der Waals surface area contributed by atoms with Gasteiger partial charge in [0, 0.05) is 13.1 Å². The summed E-state index contributed by atoms with van der Waals surface area (Å²) in [5.74, 6) is 0.168. The lowest BCUT2D eigenvalue weighted by atomic mass is 10.1. The largest absolute Gasteiger partial charge is 0.481 e. The van der Waals surface area contributed by atoms with Crippen LogP contribution in [-0.4, -0.2) is 27.5 Å². The summed E-state index contributed by atoms with van der Waals surface area (Å²) in [5.41, 5.74) is 0.880. The van der Waals surface area contributed by atoms with E-state index in [1.165, 1.54) is 31.3 Å². The first-order valence-corrected chi connectivity index (χ1v) is 9.37. The van der Waals surface area contributed by atoms with Crippen molar-refractivity contribution in [3.05, 3.63) is 60.2 Å². The summed E-state index contributed by atoms with van der Waals surface area (Å²) in [7, 11) is -2.13. The van der Waals surface area contributed by atoms with Gasteiger partial charge in [-0.3, -0.25) is 4.79 Å². The molecule has 0 saturated heterocycles. The number of hydrogen-bond acceptors (Lipinski definition) is 4. The molecular formula is C18H22N2O4S. The molecule has 0 radical (unpaired) electrons. The molecule has 0 aromatic heterocycles.